The second-order valence-corrected chi connectivity index (χ2v) is 7.04. The van der Waals surface area contributed by atoms with Gasteiger partial charge in [-0.2, -0.15) is 0 Å². The zero-order valence-corrected chi connectivity index (χ0v) is 13.3. The first kappa shape index (κ1) is 14.5. The molecule has 1 saturated carbocycles. The van der Waals surface area contributed by atoms with Crippen molar-refractivity contribution < 1.29 is 4.52 Å². The zero-order valence-electron chi connectivity index (χ0n) is 12.5. The van der Waals surface area contributed by atoms with Crippen molar-refractivity contribution in [2.45, 2.75) is 45.4 Å². The summed E-state index contributed by atoms with van der Waals surface area (Å²) in [5, 5.41) is 4.72. The Morgan fingerprint density at radius 2 is 2.14 bits per heavy atom. The molecule has 3 rings (SSSR count). The minimum Gasteiger partial charge on any atom is -0.380 e. The van der Waals surface area contributed by atoms with E-state index in [0.717, 1.165) is 23.3 Å². The molecule has 3 nitrogen and oxygen atoms in total. The van der Waals surface area contributed by atoms with Gasteiger partial charge in [0.05, 0.1) is 5.56 Å². The number of rotatable bonds is 2. The summed E-state index contributed by atoms with van der Waals surface area (Å²) in [4.78, 5) is 0. The largest absolute Gasteiger partial charge is 0.380 e. The number of anilines is 1. The van der Waals surface area contributed by atoms with Gasteiger partial charge in [-0.05, 0) is 36.0 Å². The van der Waals surface area contributed by atoms with Gasteiger partial charge in [0.2, 0.25) is 0 Å². The Kier molecular flexibility index (Phi) is 3.70. The fraction of sp³-hybridized carbons (Fsp3) is 0.471. The number of aromatic nitrogens is 1. The summed E-state index contributed by atoms with van der Waals surface area (Å²) in [7, 11) is 0. The van der Waals surface area contributed by atoms with Crippen LogP contribution in [0.1, 0.15) is 51.2 Å². The minimum atomic E-state index is 0.206. The van der Waals surface area contributed by atoms with Crippen LogP contribution in [-0.2, 0) is 0 Å². The van der Waals surface area contributed by atoms with Crippen molar-refractivity contribution in [3.63, 3.8) is 0 Å². The van der Waals surface area contributed by atoms with E-state index < -0.39 is 0 Å². The molecule has 1 aliphatic carbocycles. The molecule has 2 aromatic rings. The normalized spacial score (nSPS) is 21.4. The molecule has 0 bridgehead atoms. The Balaban J connectivity index is 2.09. The Bertz CT molecular complexity index is 648. The molecule has 1 fully saturated rings. The highest BCUT2D eigenvalue weighted by molar-refractivity contribution is 6.30. The molecule has 112 valence electrons. The lowest BCUT2D eigenvalue weighted by Crippen LogP contribution is -2.26. The quantitative estimate of drug-likeness (QED) is 0.823. The highest BCUT2D eigenvalue weighted by Crippen LogP contribution is 2.50. The van der Waals surface area contributed by atoms with Crippen molar-refractivity contribution in [1.82, 2.24) is 5.16 Å². The van der Waals surface area contributed by atoms with E-state index in [0.29, 0.717) is 16.8 Å². The molecule has 1 heterocycles. The standard InChI is InChI=1S/C17H21ClN2O/c1-17(2)9-4-3-8-13(17)15-14(16(19)20-21-15)11-6-5-7-12(18)10-11/h5-7,10,13H,3-4,8-9H2,1-2H3,(H2,19,20). The topological polar surface area (TPSA) is 52.0 Å². The summed E-state index contributed by atoms with van der Waals surface area (Å²) < 4.78 is 5.65. The highest BCUT2D eigenvalue weighted by Gasteiger charge is 2.38. The monoisotopic (exact) mass is 304 g/mol. The van der Waals surface area contributed by atoms with E-state index in [1.807, 2.05) is 24.3 Å². The molecule has 1 aliphatic rings. The van der Waals surface area contributed by atoms with Crippen LogP contribution in [0.4, 0.5) is 5.82 Å². The van der Waals surface area contributed by atoms with E-state index in [9.17, 15) is 0 Å². The fourth-order valence-corrected chi connectivity index (χ4v) is 3.66. The molecule has 1 unspecified atom stereocenters. The molecule has 0 saturated heterocycles. The molecule has 4 heteroatoms. The number of halogens is 1. The molecule has 0 radical (unpaired) electrons. The van der Waals surface area contributed by atoms with Crippen molar-refractivity contribution in [1.29, 1.82) is 0 Å². The van der Waals surface area contributed by atoms with Gasteiger partial charge in [0, 0.05) is 10.9 Å². The SMILES string of the molecule is CC1(C)CCCCC1c1onc(N)c1-c1cccc(Cl)c1. The zero-order chi connectivity index (χ0) is 15.0. The summed E-state index contributed by atoms with van der Waals surface area (Å²) in [5.74, 6) is 1.72. The van der Waals surface area contributed by atoms with Gasteiger partial charge in [-0.3, -0.25) is 0 Å². The number of hydrogen-bond donors (Lipinski definition) is 1. The average Bonchev–Trinajstić information content (AvgIpc) is 2.80. The number of nitrogen functional groups attached to an aromatic ring is 1. The fourth-order valence-electron chi connectivity index (χ4n) is 3.47. The van der Waals surface area contributed by atoms with Gasteiger partial charge < -0.3 is 10.3 Å². The van der Waals surface area contributed by atoms with Crippen LogP contribution in [0.15, 0.2) is 28.8 Å². The predicted octanol–water partition coefficient (Wildman–Crippen LogP) is 5.26. The molecule has 0 spiro atoms. The van der Waals surface area contributed by atoms with Crippen molar-refractivity contribution in [3.05, 3.63) is 35.0 Å². The Morgan fingerprint density at radius 3 is 2.86 bits per heavy atom. The van der Waals surface area contributed by atoms with Crippen LogP contribution in [0, 0.1) is 5.41 Å². The molecule has 0 amide bonds. The lowest BCUT2D eigenvalue weighted by Gasteiger charge is -2.37. The van der Waals surface area contributed by atoms with Crippen LogP contribution in [0.2, 0.25) is 5.02 Å². The maximum Gasteiger partial charge on any atom is 0.175 e. The van der Waals surface area contributed by atoms with Gasteiger partial charge in [-0.15, -0.1) is 0 Å². The molecular weight excluding hydrogens is 284 g/mol. The van der Waals surface area contributed by atoms with Gasteiger partial charge in [0.1, 0.15) is 5.76 Å². The molecule has 1 aromatic carbocycles. The molecular formula is C17H21ClN2O. The molecule has 0 aliphatic heterocycles. The van der Waals surface area contributed by atoms with Crippen molar-refractivity contribution in [2.24, 2.45) is 5.41 Å². The van der Waals surface area contributed by atoms with Gasteiger partial charge >= 0.3 is 0 Å². The van der Waals surface area contributed by atoms with Crippen LogP contribution in [0.3, 0.4) is 0 Å². The van der Waals surface area contributed by atoms with E-state index in [1.54, 1.807) is 0 Å². The van der Waals surface area contributed by atoms with Gasteiger partial charge in [-0.25, -0.2) is 0 Å². The van der Waals surface area contributed by atoms with E-state index in [4.69, 9.17) is 21.9 Å². The predicted molar refractivity (Wildman–Crippen MR) is 86.4 cm³/mol. The highest BCUT2D eigenvalue weighted by atomic mass is 35.5. The molecule has 1 atom stereocenters. The third-order valence-electron chi connectivity index (χ3n) is 4.68. The number of hydrogen-bond acceptors (Lipinski definition) is 3. The third-order valence-corrected chi connectivity index (χ3v) is 4.92. The number of nitrogens with two attached hydrogens (primary N) is 1. The first-order valence-corrected chi connectivity index (χ1v) is 7.88. The van der Waals surface area contributed by atoms with Gasteiger partial charge in [-0.1, -0.05) is 55.6 Å². The van der Waals surface area contributed by atoms with Crippen molar-refractivity contribution in [3.8, 4) is 11.1 Å². The average molecular weight is 305 g/mol. The first-order chi connectivity index (χ1) is 9.99. The van der Waals surface area contributed by atoms with Crippen molar-refractivity contribution >= 4 is 17.4 Å². The van der Waals surface area contributed by atoms with Gasteiger partial charge in [0.25, 0.3) is 0 Å². The second kappa shape index (κ2) is 5.38. The molecule has 21 heavy (non-hydrogen) atoms. The van der Waals surface area contributed by atoms with E-state index in [2.05, 4.69) is 19.0 Å². The van der Waals surface area contributed by atoms with Crippen LogP contribution >= 0.6 is 11.6 Å². The van der Waals surface area contributed by atoms with Crippen LogP contribution in [-0.4, -0.2) is 5.16 Å². The lowest BCUT2D eigenvalue weighted by molar-refractivity contribution is 0.169. The van der Waals surface area contributed by atoms with E-state index in [-0.39, 0.29) is 5.41 Å². The van der Waals surface area contributed by atoms with Crippen LogP contribution < -0.4 is 5.73 Å². The first-order valence-electron chi connectivity index (χ1n) is 7.50. The summed E-state index contributed by atoms with van der Waals surface area (Å²) >= 11 is 6.12. The maximum atomic E-state index is 6.12. The molecule has 2 N–H and O–H groups in total. The van der Waals surface area contributed by atoms with Crippen molar-refractivity contribution in [2.75, 3.05) is 5.73 Å². The smallest absolute Gasteiger partial charge is 0.175 e. The maximum absolute atomic E-state index is 6.12. The van der Waals surface area contributed by atoms with Crippen LogP contribution in [0.5, 0.6) is 0 Å². The second-order valence-electron chi connectivity index (χ2n) is 6.60. The van der Waals surface area contributed by atoms with E-state index >= 15 is 0 Å². The summed E-state index contributed by atoms with van der Waals surface area (Å²) in [6.07, 6.45) is 4.83. The summed E-state index contributed by atoms with van der Waals surface area (Å²) in [6.45, 7) is 4.61. The van der Waals surface area contributed by atoms with Gasteiger partial charge in [0.15, 0.2) is 5.82 Å². The van der Waals surface area contributed by atoms with E-state index in [1.165, 1.54) is 19.3 Å². The lowest BCUT2D eigenvalue weighted by atomic mass is 9.67. The third kappa shape index (κ3) is 2.67. The minimum absolute atomic E-state index is 0.206. The Hall–Kier alpha value is -1.48. The molecule has 1 aromatic heterocycles. The van der Waals surface area contributed by atoms with Crippen LogP contribution in [0.25, 0.3) is 11.1 Å². The Morgan fingerprint density at radius 1 is 1.33 bits per heavy atom. The summed E-state index contributed by atoms with van der Waals surface area (Å²) in [6, 6.07) is 7.72. The number of benzene rings is 1. The summed E-state index contributed by atoms with van der Waals surface area (Å²) in [5.41, 5.74) is 8.17. The Labute approximate surface area is 130 Å². The number of nitrogens with zero attached hydrogens (tertiary/aromatic N) is 1.